The van der Waals surface area contributed by atoms with Gasteiger partial charge in [0, 0.05) is 23.0 Å². The third-order valence-corrected chi connectivity index (χ3v) is 4.76. The minimum absolute atomic E-state index is 0.161. The van der Waals surface area contributed by atoms with Gasteiger partial charge in [0.1, 0.15) is 6.33 Å². The van der Waals surface area contributed by atoms with Gasteiger partial charge < -0.3 is 10.4 Å². The largest absolute Gasteiger partial charge is 0.478 e. The van der Waals surface area contributed by atoms with Crippen molar-refractivity contribution in [3.8, 4) is 11.1 Å². The molecule has 0 bridgehead atoms. The Kier molecular flexibility index (Phi) is 4.62. The molecule has 4 rings (SSSR count). The summed E-state index contributed by atoms with van der Waals surface area (Å²) in [5, 5.41) is 15.9. The quantitative estimate of drug-likeness (QED) is 0.501. The number of aromatic carboxylic acids is 1. The lowest BCUT2D eigenvalue weighted by molar-refractivity contribution is 0.0696. The molecule has 138 valence electrons. The van der Waals surface area contributed by atoms with E-state index in [1.807, 2.05) is 18.3 Å². The predicted molar refractivity (Wildman–Crippen MR) is 107 cm³/mol. The topological polar surface area (TPSA) is 96.6 Å². The molecule has 0 saturated heterocycles. The van der Waals surface area contributed by atoms with E-state index in [9.17, 15) is 9.59 Å². The SMILES string of the molecule is O=C(O)c1ccc(NC(=O)c2cccc(-c3cc(Br)c4ncnn4c3)c2)cc1. The number of hydrogen-bond acceptors (Lipinski definition) is 4. The monoisotopic (exact) mass is 436 g/mol. The van der Waals surface area contributed by atoms with Crippen molar-refractivity contribution in [2.75, 3.05) is 5.32 Å². The van der Waals surface area contributed by atoms with Crippen molar-refractivity contribution < 1.29 is 14.7 Å². The van der Waals surface area contributed by atoms with Crippen LogP contribution in [0.5, 0.6) is 0 Å². The number of carboxylic acid groups (broad SMARTS) is 1. The van der Waals surface area contributed by atoms with Crippen LogP contribution in [0.1, 0.15) is 20.7 Å². The summed E-state index contributed by atoms with van der Waals surface area (Å²) in [5.41, 5.74) is 3.61. The third kappa shape index (κ3) is 3.49. The Morgan fingerprint density at radius 1 is 1.00 bits per heavy atom. The van der Waals surface area contributed by atoms with Gasteiger partial charge in [0.05, 0.1) is 10.0 Å². The van der Waals surface area contributed by atoms with Crippen molar-refractivity contribution in [2.45, 2.75) is 0 Å². The maximum Gasteiger partial charge on any atom is 0.335 e. The van der Waals surface area contributed by atoms with Crippen LogP contribution in [0.25, 0.3) is 16.8 Å². The zero-order chi connectivity index (χ0) is 19.7. The summed E-state index contributed by atoms with van der Waals surface area (Å²) in [5.74, 6) is -1.30. The molecule has 0 aliphatic carbocycles. The molecule has 0 aliphatic heterocycles. The molecule has 2 aromatic heterocycles. The van der Waals surface area contributed by atoms with Crippen LogP contribution in [0.2, 0.25) is 0 Å². The fourth-order valence-electron chi connectivity index (χ4n) is 2.78. The van der Waals surface area contributed by atoms with E-state index < -0.39 is 5.97 Å². The summed E-state index contributed by atoms with van der Waals surface area (Å²) in [6.45, 7) is 0. The van der Waals surface area contributed by atoms with E-state index in [0.717, 1.165) is 15.6 Å². The van der Waals surface area contributed by atoms with Gasteiger partial charge in [-0.3, -0.25) is 4.79 Å². The second-order valence-corrected chi connectivity index (χ2v) is 6.88. The summed E-state index contributed by atoms with van der Waals surface area (Å²) >= 11 is 3.49. The Bertz CT molecular complexity index is 1200. The first-order valence-corrected chi connectivity index (χ1v) is 9.04. The van der Waals surface area contributed by atoms with E-state index >= 15 is 0 Å². The number of hydrogen-bond donors (Lipinski definition) is 2. The molecular formula is C20H13BrN4O3. The van der Waals surface area contributed by atoms with Crippen molar-refractivity contribution >= 4 is 39.1 Å². The Hall–Kier alpha value is -3.52. The zero-order valence-electron chi connectivity index (χ0n) is 14.3. The standard InChI is InChI=1S/C20H13BrN4O3/c21-17-9-15(10-25-18(17)22-11-23-25)13-2-1-3-14(8-13)19(26)24-16-6-4-12(5-7-16)20(27)28/h1-11H,(H,24,26)(H,27,28). The molecule has 4 aromatic rings. The fraction of sp³-hybridized carbons (Fsp3) is 0. The fourth-order valence-corrected chi connectivity index (χ4v) is 3.31. The highest BCUT2D eigenvalue weighted by atomic mass is 79.9. The molecule has 7 nitrogen and oxygen atoms in total. The van der Waals surface area contributed by atoms with Gasteiger partial charge in [-0.15, -0.1) is 0 Å². The van der Waals surface area contributed by atoms with Crippen molar-refractivity contribution in [2.24, 2.45) is 0 Å². The van der Waals surface area contributed by atoms with E-state index in [-0.39, 0.29) is 11.5 Å². The third-order valence-electron chi connectivity index (χ3n) is 4.18. The second kappa shape index (κ2) is 7.24. The first kappa shape index (κ1) is 17.9. The number of nitrogens with one attached hydrogen (secondary N) is 1. The number of aromatic nitrogens is 3. The molecule has 0 radical (unpaired) electrons. The lowest BCUT2D eigenvalue weighted by Gasteiger charge is -2.08. The van der Waals surface area contributed by atoms with Crippen LogP contribution >= 0.6 is 15.9 Å². The molecule has 28 heavy (non-hydrogen) atoms. The van der Waals surface area contributed by atoms with Crippen LogP contribution in [0, 0.1) is 0 Å². The number of pyridine rings is 1. The first-order chi connectivity index (χ1) is 13.5. The van der Waals surface area contributed by atoms with Gasteiger partial charge in [-0.25, -0.2) is 14.3 Å². The second-order valence-electron chi connectivity index (χ2n) is 6.02. The number of nitrogens with zero attached hydrogens (tertiary/aromatic N) is 3. The van der Waals surface area contributed by atoms with E-state index in [1.54, 1.807) is 34.8 Å². The van der Waals surface area contributed by atoms with Crippen LogP contribution in [-0.2, 0) is 0 Å². The Morgan fingerprint density at radius 3 is 2.54 bits per heavy atom. The smallest absolute Gasteiger partial charge is 0.335 e. The number of amides is 1. The lowest BCUT2D eigenvalue weighted by Crippen LogP contribution is -2.12. The number of carbonyl (C=O) groups excluding carboxylic acids is 1. The Balaban J connectivity index is 1.60. The average molecular weight is 437 g/mol. The average Bonchev–Trinajstić information content (AvgIpc) is 3.18. The highest BCUT2D eigenvalue weighted by Gasteiger charge is 2.11. The van der Waals surface area contributed by atoms with Gasteiger partial charge in [0.25, 0.3) is 5.91 Å². The van der Waals surface area contributed by atoms with Gasteiger partial charge in [0.15, 0.2) is 5.65 Å². The highest BCUT2D eigenvalue weighted by molar-refractivity contribution is 9.10. The number of rotatable bonds is 4. The molecule has 0 atom stereocenters. The number of carboxylic acids is 1. The molecule has 2 N–H and O–H groups in total. The van der Waals surface area contributed by atoms with Crippen LogP contribution in [0.4, 0.5) is 5.69 Å². The maximum atomic E-state index is 12.6. The van der Waals surface area contributed by atoms with Crippen molar-refractivity contribution in [3.63, 3.8) is 0 Å². The summed E-state index contributed by atoms with van der Waals surface area (Å²) < 4.78 is 2.46. The van der Waals surface area contributed by atoms with Gasteiger partial charge in [0.2, 0.25) is 0 Å². The van der Waals surface area contributed by atoms with Crippen LogP contribution < -0.4 is 5.32 Å². The van der Waals surface area contributed by atoms with E-state index in [2.05, 4.69) is 31.3 Å². The molecule has 1 amide bonds. The summed E-state index contributed by atoms with van der Waals surface area (Å²) in [4.78, 5) is 27.7. The van der Waals surface area contributed by atoms with Gasteiger partial charge in [-0.1, -0.05) is 12.1 Å². The molecular weight excluding hydrogens is 424 g/mol. The molecule has 0 fully saturated rings. The van der Waals surface area contributed by atoms with Gasteiger partial charge >= 0.3 is 5.97 Å². The van der Waals surface area contributed by atoms with E-state index in [1.165, 1.54) is 18.5 Å². The molecule has 0 aliphatic rings. The first-order valence-electron chi connectivity index (χ1n) is 8.25. The van der Waals surface area contributed by atoms with Crippen LogP contribution in [0.15, 0.2) is 71.6 Å². The summed E-state index contributed by atoms with van der Waals surface area (Å²) in [7, 11) is 0. The maximum absolute atomic E-state index is 12.6. The number of carbonyl (C=O) groups is 2. The molecule has 2 heterocycles. The number of halogens is 1. The van der Waals surface area contributed by atoms with Crippen LogP contribution in [0.3, 0.4) is 0 Å². The molecule has 2 aromatic carbocycles. The molecule has 0 spiro atoms. The zero-order valence-corrected chi connectivity index (χ0v) is 15.9. The number of benzene rings is 2. The van der Waals surface area contributed by atoms with Crippen molar-refractivity contribution in [3.05, 3.63) is 82.7 Å². The molecule has 0 unspecified atom stereocenters. The number of fused-ring (bicyclic) bond motifs is 1. The minimum Gasteiger partial charge on any atom is -0.478 e. The summed E-state index contributed by atoms with van der Waals surface area (Å²) in [6, 6.07) is 15.1. The van der Waals surface area contributed by atoms with Crippen molar-refractivity contribution in [1.82, 2.24) is 14.6 Å². The predicted octanol–water partition coefficient (Wildman–Crippen LogP) is 4.11. The van der Waals surface area contributed by atoms with Crippen LogP contribution in [-0.4, -0.2) is 31.6 Å². The van der Waals surface area contributed by atoms with E-state index in [0.29, 0.717) is 16.9 Å². The van der Waals surface area contributed by atoms with Gasteiger partial charge in [-0.2, -0.15) is 5.10 Å². The number of anilines is 1. The Morgan fingerprint density at radius 2 is 1.79 bits per heavy atom. The highest BCUT2D eigenvalue weighted by Crippen LogP contribution is 2.26. The van der Waals surface area contributed by atoms with Gasteiger partial charge in [-0.05, 0) is 64.0 Å². The molecule has 8 heteroatoms. The minimum atomic E-state index is -1.01. The van der Waals surface area contributed by atoms with Crippen molar-refractivity contribution in [1.29, 1.82) is 0 Å². The lowest BCUT2D eigenvalue weighted by atomic mass is 10.0. The normalized spacial score (nSPS) is 10.8. The molecule has 0 saturated carbocycles. The Labute approximate surface area is 167 Å². The van der Waals surface area contributed by atoms with E-state index in [4.69, 9.17) is 5.11 Å². The summed E-state index contributed by atoms with van der Waals surface area (Å²) in [6.07, 6.45) is 3.32.